The first-order valence-electron chi connectivity index (χ1n) is 6.60. The van der Waals surface area contributed by atoms with Crippen molar-refractivity contribution >= 4 is 22.9 Å². The van der Waals surface area contributed by atoms with E-state index in [1.807, 2.05) is 38.1 Å². The summed E-state index contributed by atoms with van der Waals surface area (Å²) in [5.41, 5.74) is 3.02. The second kappa shape index (κ2) is 6.09. The number of carbonyl (C=O) groups is 1. The van der Waals surface area contributed by atoms with Crippen LogP contribution in [0.4, 0.5) is 5.69 Å². The lowest BCUT2D eigenvalue weighted by Gasteiger charge is -2.10. The molecule has 0 saturated carbocycles. The van der Waals surface area contributed by atoms with E-state index in [0.717, 1.165) is 16.9 Å². The van der Waals surface area contributed by atoms with Crippen molar-refractivity contribution in [2.24, 2.45) is 0 Å². The summed E-state index contributed by atoms with van der Waals surface area (Å²) in [7, 11) is 1.60. The number of rotatable bonds is 4. The Morgan fingerprint density at radius 2 is 2.05 bits per heavy atom. The first-order chi connectivity index (χ1) is 9.55. The smallest absolute Gasteiger partial charge is 0.265 e. The Bertz CT molecular complexity index is 631. The van der Waals surface area contributed by atoms with Crippen LogP contribution in [0.2, 0.25) is 0 Å². The third-order valence-corrected chi connectivity index (χ3v) is 4.32. The Morgan fingerprint density at radius 1 is 1.30 bits per heavy atom. The van der Waals surface area contributed by atoms with Crippen molar-refractivity contribution in [3.63, 3.8) is 0 Å². The van der Waals surface area contributed by atoms with Gasteiger partial charge in [-0.05, 0) is 49.6 Å². The Hall–Kier alpha value is -1.81. The van der Waals surface area contributed by atoms with E-state index in [2.05, 4.69) is 12.2 Å². The highest BCUT2D eigenvalue weighted by atomic mass is 32.1. The van der Waals surface area contributed by atoms with E-state index in [9.17, 15) is 4.79 Å². The third kappa shape index (κ3) is 3.02. The summed E-state index contributed by atoms with van der Waals surface area (Å²) in [6.45, 7) is 6.13. The van der Waals surface area contributed by atoms with Gasteiger partial charge in [-0.3, -0.25) is 4.79 Å². The van der Waals surface area contributed by atoms with Gasteiger partial charge in [0.2, 0.25) is 0 Å². The molecule has 0 atom stereocenters. The summed E-state index contributed by atoms with van der Waals surface area (Å²) in [6, 6.07) is 7.70. The molecule has 0 unspecified atom stereocenters. The fourth-order valence-corrected chi connectivity index (χ4v) is 3.10. The van der Waals surface area contributed by atoms with Gasteiger partial charge in [0.05, 0.1) is 17.7 Å². The molecule has 0 saturated heterocycles. The highest BCUT2D eigenvalue weighted by Gasteiger charge is 2.14. The number of aryl methyl sites for hydroxylation is 3. The zero-order valence-corrected chi connectivity index (χ0v) is 13.1. The maximum Gasteiger partial charge on any atom is 0.265 e. The van der Waals surface area contributed by atoms with Crippen LogP contribution < -0.4 is 10.1 Å². The Morgan fingerprint density at radius 3 is 2.65 bits per heavy atom. The first-order valence-corrected chi connectivity index (χ1v) is 7.42. The topological polar surface area (TPSA) is 38.3 Å². The van der Waals surface area contributed by atoms with Crippen LogP contribution in [-0.4, -0.2) is 13.0 Å². The zero-order chi connectivity index (χ0) is 14.7. The molecule has 1 aromatic carbocycles. The average Bonchev–Trinajstić information content (AvgIpc) is 2.80. The lowest BCUT2D eigenvalue weighted by Crippen LogP contribution is -2.11. The van der Waals surface area contributed by atoms with Crippen LogP contribution in [-0.2, 0) is 6.42 Å². The molecule has 0 aliphatic carbocycles. The normalized spacial score (nSPS) is 10.4. The van der Waals surface area contributed by atoms with Gasteiger partial charge in [-0.2, -0.15) is 0 Å². The van der Waals surface area contributed by atoms with Crippen LogP contribution >= 0.6 is 11.3 Å². The number of methoxy groups -OCH3 is 1. The molecule has 0 aliphatic rings. The molecule has 0 aliphatic heterocycles. The number of benzene rings is 1. The largest absolute Gasteiger partial charge is 0.495 e. The van der Waals surface area contributed by atoms with Crippen LogP contribution in [0, 0.1) is 13.8 Å². The van der Waals surface area contributed by atoms with E-state index in [0.29, 0.717) is 11.4 Å². The second-order valence-corrected chi connectivity index (χ2v) is 5.96. The van der Waals surface area contributed by atoms with E-state index in [1.165, 1.54) is 21.8 Å². The molecule has 4 heteroatoms. The number of carbonyl (C=O) groups excluding carboxylic acids is 1. The Labute approximate surface area is 123 Å². The molecule has 0 radical (unpaired) electrons. The van der Waals surface area contributed by atoms with Gasteiger partial charge in [0.15, 0.2) is 0 Å². The highest BCUT2D eigenvalue weighted by molar-refractivity contribution is 7.14. The number of anilines is 1. The van der Waals surface area contributed by atoms with Crippen molar-refractivity contribution in [2.75, 3.05) is 12.4 Å². The van der Waals surface area contributed by atoms with E-state index in [-0.39, 0.29) is 5.91 Å². The van der Waals surface area contributed by atoms with Crippen molar-refractivity contribution in [1.82, 2.24) is 0 Å². The lowest BCUT2D eigenvalue weighted by atomic mass is 10.2. The SMILES string of the molecule is CCc1cc(C(=O)Nc2cc(C)ccc2OC)sc1C. The zero-order valence-electron chi connectivity index (χ0n) is 12.2. The predicted molar refractivity (Wildman–Crippen MR) is 84.1 cm³/mol. The molecule has 0 fully saturated rings. The molecule has 1 heterocycles. The molecule has 1 aromatic heterocycles. The van der Waals surface area contributed by atoms with Crippen molar-refractivity contribution < 1.29 is 9.53 Å². The van der Waals surface area contributed by atoms with Gasteiger partial charge in [-0.15, -0.1) is 11.3 Å². The van der Waals surface area contributed by atoms with Gasteiger partial charge in [0.1, 0.15) is 5.75 Å². The highest BCUT2D eigenvalue weighted by Crippen LogP contribution is 2.28. The van der Waals surface area contributed by atoms with Gasteiger partial charge >= 0.3 is 0 Å². The molecule has 3 nitrogen and oxygen atoms in total. The molecule has 0 bridgehead atoms. The quantitative estimate of drug-likeness (QED) is 0.916. The fourth-order valence-electron chi connectivity index (χ4n) is 2.09. The molecule has 2 aromatic rings. The number of hydrogen-bond donors (Lipinski definition) is 1. The third-order valence-electron chi connectivity index (χ3n) is 3.23. The summed E-state index contributed by atoms with van der Waals surface area (Å²) in [6.07, 6.45) is 0.948. The average molecular weight is 289 g/mol. The summed E-state index contributed by atoms with van der Waals surface area (Å²) in [4.78, 5) is 14.3. The van der Waals surface area contributed by atoms with Crippen LogP contribution in [0.5, 0.6) is 5.75 Å². The van der Waals surface area contributed by atoms with Crippen LogP contribution in [0.25, 0.3) is 0 Å². The minimum absolute atomic E-state index is 0.0818. The van der Waals surface area contributed by atoms with Crippen LogP contribution in [0.15, 0.2) is 24.3 Å². The van der Waals surface area contributed by atoms with Crippen LogP contribution in [0.1, 0.15) is 32.6 Å². The monoisotopic (exact) mass is 289 g/mol. The van der Waals surface area contributed by atoms with Gasteiger partial charge in [0.25, 0.3) is 5.91 Å². The van der Waals surface area contributed by atoms with E-state index in [4.69, 9.17) is 4.74 Å². The first kappa shape index (κ1) is 14.6. The van der Waals surface area contributed by atoms with Crippen molar-refractivity contribution in [2.45, 2.75) is 27.2 Å². The molecular weight excluding hydrogens is 270 g/mol. The van der Waals surface area contributed by atoms with Crippen molar-refractivity contribution in [3.05, 3.63) is 45.1 Å². The number of thiophene rings is 1. The minimum Gasteiger partial charge on any atom is -0.495 e. The van der Waals surface area contributed by atoms with Gasteiger partial charge in [-0.25, -0.2) is 0 Å². The molecular formula is C16H19NO2S. The predicted octanol–water partition coefficient (Wildman–Crippen LogP) is 4.19. The second-order valence-electron chi connectivity index (χ2n) is 4.70. The van der Waals surface area contributed by atoms with Crippen LogP contribution in [0.3, 0.4) is 0 Å². The number of nitrogens with one attached hydrogen (secondary N) is 1. The maximum atomic E-state index is 12.3. The van der Waals surface area contributed by atoms with Gasteiger partial charge in [-0.1, -0.05) is 13.0 Å². The summed E-state index contributed by atoms with van der Waals surface area (Å²) < 4.78 is 5.28. The summed E-state index contributed by atoms with van der Waals surface area (Å²) in [5.74, 6) is 0.592. The van der Waals surface area contributed by atoms with E-state index < -0.39 is 0 Å². The number of ether oxygens (including phenoxy) is 1. The van der Waals surface area contributed by atoms with E-state index >= 15 is 0 Å². The standard InChI is InChI=1S/C16H19NO2S/c1-5-12-9-15(20-11(12)3)16(18)17-13-8-10(2)6-7-14(13)19-4/h6-9H,5H2,1-4H3,(H,17,18). The van der Waals surface area contributed by atoms with Gasteiger partial charge in [0, 0.05) is 4.88 Å². The van der Waals surface area contributed by atoms with E-state index in [1.54, 1.807) is 7.11 Å². The summed E-state index contributed by atoms with van der Waals surface area (Å²) in [5, 5.41) is 2.93. The molecule has 0 spiro atoms. The number of hydrogen-bond acceptors (Lipinski definition) is 3. The molecule has 1 N–H and O–H groups in total. The maximum absolute atomic E-state index is 12.3. The molecule has 1 amide bonds. The number of amides is 1. The summed E-state index contributed by atoms with van der Waals surface area (Å²) >= 11 is 1.53. The molecule has 20 heavy (non-hydrogen) atoms. The molecule has 106 valence electrons. The molecule has 2 rings (SSSR count). The fraction of sp³-hybridized carbons (Fsp3) is 0.312. The lowest BCUT2D eigenvalue weighted by molar-refractivity contribution is 0.103. The van der Waals surface area contributed by atoms with Crippen molar-refractivity contribution in [3.8, 4) is 5.75 Å². The van der Waals surface area contributed by atoms with Gasteiger partial charge < -0.3 is 10.1 Å². The Balaban J connectivity index is 2.25. The minimum atomic E-state index is -0.0818. The van der Waals surface area contributed by atoms with Crippen molar-refractivity contribution in [1.29, 1.82) is 0 Å². The Kier molecular flexibility index (Phi) is 4.45.